The highest BCUT2D eigenvalue weighted by atomic mass is 79.9. The first-order chi connectivity index (χ1) is 7.65. The molecule has 0 aliphatic rings. The highest BCUT2D eigenvalue weighted by molar-refractivity contribution is 9.11. The Hall–Kier alpha value is -0.0200. The Morgan fingerprint density at radius 3 is 2.12 bits per heavy atom. The van der Waals surface area contributed by atoms with Gasteiger partial charge < -0.3 is 5.11 Å². The molecule has 1 N–H and O–H groups in total. The van der Waals surface area contributed by atoms with Crippen LogP contribution in [0.25, 0.3) is 0 Å². The van der Waals surface area contributed by atoms with E-state index in [0.717, 1.165) is 15.4 Å². The second-order valence-electron chi connectivity index (χ2n) is 4.07. The molecule has 0 heterocycles. The number of phenolic OH excluding ortho intramolecular Hbond substituents is 1. The molecule has 0 spiro atoms. The van der Waals surface area contributed by atoms with Crippen LogP contribution in [0.4, 0.5) is 0 Å². The Balaban J connectivity index is 2.43. The lowest BCUT2D eigenvalue weighted by molar-refractivity contribution is 0.468. The number of halogens is 2. The van der Waals surface area contributed by atoms with Gasteiger partial charge in [0.15, 0.2) is 0 Å². The second-order valence-corrected chi connectivity index (χ2v) is 5.78. The molecule has 0 unspecified atom stereocenters. The monoisotopic (exact) mass is 348 g/mol. The van der Waals surface area contributed by atoms with E-state index in [-0.39, 0.29) is 5.75 Å². The number of benzene rings is 1. The van der Waals surface area contributed by atoms with E-state index < -0.39 is 0 Å². The zero-order valence-corrected chi connectivity index (χ0v) is 12.8. The fourth-order valence-electron chi connectivity index (χ4n) is 1.70. The van der Waals surface area contributed by atoms with Gasteiger partial charge in [0, 0.05) is 0 Å². The third-order valence-electron chi connectivity index (χ3n) is 2.65. The van der Waals surface area contributed by atoms with E-state index in [1.54, 1.807) is 0 Å². The lowest BCUT2D eigenvalue weighted by Gasteiger charge is -2.06. The van der Waals surface area contributed by atoms with Crippen LogP contribution in [-0.2, 0) is 6.42 Å². The van der Waals surface area contributed by atoms with Gasteiger partial charge in [0.1, 0.15) is 5.75 Å². The molecule has 0 saturated carbocycles. The zero-order valence-electron chi connectivity index (χ0n) is 9.60. The van der Waals surface area contributed by atoms with Crippen LogP contribution in [-0.4, -0.2) is 5.11 Å². The Morgan fingerprint density at radius 2 is 1.56 bits per heavy atom. The van der Waals surface area contributed by atoms with Crippen LogP contribution in [0.3, 0.4) is 0 Å². The molecule has 1 aromatic carbocycles. The van der Waals surface area contributed by atoms with Gasteiger partial charge in [-0.2, -0.15) is 0 Å². The predicted octanol–water partition coefficient (Wildman–Crippen LogP) is 5.43. The van der Waals surface area contributed by atoms with Crippen LogP contribution < -0.4 is 0 Å². The van der Waals surface area contributed by atoms with Crippen molar-refractivity contribution in [3.8, 4) is 5.75 Å². The molecular weight excluding hydrogens is 332 g/mol. The molecule has 1 nitrogen and oxygen atoms in total. The summed E-state index contributed by atoms with van der Waals surface area (Å²) in [4.78, 5) is 0. The number of hydrogen-bond donors (Lipinski definition) is 1. The van der Waals surface area contributed by atoms with Gasteiger partial charge in [0.25, 0.3) is 0 Å². The van der Waals surface area contributed by atoms with Crippen LogP contribution in [0.1, 0.15) is 44.6 Å². The van der Waals surface area contributed by atoms with E-state index in [9.17, 15) is 5.11 Å². The molecule has 0 aliphatic heterocycles. The fraction of sp³-hybridized carbons (Fsp3) is 0.538. The Labute approximate surface area is 115 Å². The third kappa shape index (κ3) is 4.46. The van der Waals surface area contributed by atoms with Crippen molar-refractivity contribution >= 4 is 31.9 Å². The predicted molar refractivity (Wildman–Crippen MR) is 76.0 cm³/mol. The topological polar surface area (TPSA) is 20.2 Å². The first-order valence-electron chi connectivity index (χ1n) is 5.82. The minimum atomic E-state index is 0.287. The fourth-order valence-corrected chi connectivity index (χ4v) is 2.98. The highest BCUT2D eigenvalue weighted by Gasteiger charge is 2.05. The van der Waals surface area contributed by atoms with E-state index >= 15 is 0 Å². The molecule has 0 aromatic heterocycles. The van der Waals surface area contributed by atoms with Crippen LogP contribution >= 0.6 is 31.9 Å². The van der Waals surface area contributed by atoms with Crippen LogP contribution in [0, 0.1) is 0 Å². The Kier molecular flexibility index (Phi) is 6.44. The number of phenols is 1. The number of aromatic hydroxyl groups is 1. The zero-order chi connectivity index (χ0) is 12.0. The summed E-state index contributed by atoms with van der Waals surface area (Å²) >= 11 is 6.70. The molecule has 0 bridgehead atoms. The van der Waals surface area contributed by atoms with Crippen molar-refractivity contribution in [1.82, 2.24) is 0 Å². The minimum absolute atomic E-state index is 0.287. The maximum atomic E-state index is 9.58. The molecule has 1 aromatic rings. The number of aryl methyl sites for hydroxylation is 1. The van der Waals surface area contributed by atoms with Crippen molar-refractivity contribution in [2.24, 2.45) is 0 Å². The van der Waals surface area contributed by atoms with E-state index in [2.05, 4.69) is 38.8 Å². The number of unbranched alkanes of at least 4 members (excludes halogenated alkanes) is 4. The normalized spacial score (nSPS) is 10.7. The summed E-state index contributed by atoms with van der Waals surface area (Å²) in [5.74, 6) is 0.287. The van der Waals surface area contributed by atoms with Gasteiger partial charge in [-0.1, -0.05) is 32.6 Å². The maximum Gasteiger partial charge on any atom is 0.143 e. The van der Waals surface area contributed by atoms with Gasteiger partial charge in [-0.15, -0.1) is 0 Å². The highest BCUT2D eigenvalue weighted by Crippen LogP contribution is 2.33. The average molecular weight is 350 g/mol. The van der Waals surface area contributed by atoms with Gasteiger partial charge in [-0.3, -0.25) is 0 Å². The molecule has 90 valence electrons. The number of rotatable bonds is 6. The van der Waals surface area contributed by atoms with E-state index in [1.807, 2.05) is 12.1 Å². The SMILES string of the molecule is CCCCCCCc1cc(Br)c(O)c(Br)c1. The summed E-state index contributed by atoms with van der Waals surface area (Å²) in [6.07, 6.45) is 7.56. The average Bonchev–Trinajstić information content (AvgIpc) is 2.25. The van der Waals surface area contributed by atoms with Gasteiger partial charge >= 0.3 is 0 Å². The summed E-state index contributed by atoms with van der Waals surface area (Å²) in [5, 5.41) is 9.58. The lowest BCUT2D eigenvalue weighted by Crippen LogP contribution is -1.87. The summed E-state index contributed by atoms with van der Waals surface area (Å²) in [6, 6.07) is 4.00. The third-order valence-corrected chi connectivity index (χ3v) is 3.85. The molecule has 0 fully saturated rings. The standard InChI is InChI=1S/C13H18Br2O/c1-2-3-4-5-6-7-10-8-11(14)13(16)12(15)9-10/h8-9,16H,2-7H2,1H3. The van der Waals surface area contributed by atoms with E-state index in [0.29, 0.717) is 0 Å². The Morgan fingerprint density at radius 1 is 1.00 bits per heavy atom. The van der Waals surface area contributed by atoms with Crippen molar-refractivity contribution in [2.45, 2.75) is 45.4 Å². The molecule has 0 radical (unpaired) electrons. The molecule has 0 saturated heterocycles. The molecule has 0 atom stereocenters. The molecule has 0 aliphatic carbocycles. The molecule has 3 heteroatoms. The van der Waals surface area contributed by atoms with Gasteiger partial charge in [0.2, 0.25) is 0 Å². The molecule has 16 heavy (non-hydrogen) atoms. The van der Waals surface area contributed by atoms with Crippen molar-refractivity contribution in [3.05, 3.63) is 26.6 Å². The van der Waals surface area contributed by atoms with Gasteiger partial charge in [0.05, 0.1) is 8.95 Å². The van der Waals surface area contributed by atoms with E-state index in [1.165, 1.54) is 37.7 Å². The van der Waals surface area contributed by atoms with Crippen molar-refractivity contribution in [3.63, 3.8) is 0 Å². The van der Waals surface area contributed by atoms with Crippen LogP contribution in [0.2, 0.25) is 0 Å². The minimum Gasteiger partial charge on any atom is -0.506 e. The molecule has 0 amide bonds. The van der Waals surface area contributed by atoms with Crippen LogP contribution in [0.15, 0.2) is 21.1 Å². The second kappa shape index (κ2) is 7.33. The summed E-state index contributed by atoms with van der Waals surface area (Å²) < 4.78 is 1.54. The Bertz CT molecular complexity index is 314. The molecule has 1 rings (SSSR count). The smallest absolute Gasteiger partial charge is 0.143 e. The summed E-state index contributed by atoms with van der Waals surface area (Å²) in [6.45, 7) is 2.23. The lowest BCUT2D eigenvalue weighted by atomic mass is 10.1. The first-order valence-corrected chi connectivity index (χ1v) is 7.40. The summed E-state index contributed by atoms with van der Waals surface area (Å²) in [7, 11) is 0. The van der Waals surface area contributed by atoms with Crippen molar-refractivity contribution in [2.75, 3.05) is 0 Å². The summed E-state index contributed by atoms with van der Waals surface area (Å²) in [5.41, 5.74) is 1.27. The maximum absolute atomic E-state index is 9.58. The van der Waals surface area contributed by atoms with Crippen molar-refractivity contribution in [1.29, 1.82) is 0 Å². The largest absolute Gasteiger partial charge is 0.506 e. The van der Waals surface area contributed by atoms with Crippen LogP contribution in [0.5, 0.6) is 5.75 Å². The first kappa shape index (κ1) is 14.0. The van der Waals surface area contributed by atoms with Gasteiger partial charge in [-0.25, -0.2) is 0 Å². The van der Waals surface area contributed by atoms with Gasteiger partial charge in [-0.05, 0) is 62.4 Å². The van der Waals surface area contributed by atoms with E-state index in [4.69, 9.17) is 0 Å². The van der Waals surface area contributed by atoms with Crippen molar-refractivity contribution < 1.29 is 5.11 Å². The number of hydrogen-bond acceptors (Lipinski definition) is 1. The quantitative estimate of drug-likeness (QED) is 0.679. The molecular formula is C13H18Br2O.